The third-order valence-electron chi connectivity index (χ3n) is 3.71. The average Bonchev–Trinajstić information content (AvgIpc) is 2.32. The summed E-state index contributed by atoms with van der Waals surface area (Å²) >= 11 is 3.36. The van der Waals surface area contributed by atoms with Crippen molar-refractivity contribution in [3.63, 3.8) is 0 Å². The third kappa shape index (κ3) is 4.29. The van der Waals surface area contributed by atoms with Gasteiger partial charge in [0.25, 0.3) is 0 Å². The summed E-state index contributed by atoms with van der Waals surface area (Å²) in [4.78, 5) is 0. The molecule has 1 aliphatic rings. The van der Waals surface area contributed by atoms with Crippen LogP contribution in [0, 0.1) is 0 Å². The Morgan fingerprint density at radius 2 is 1.78 bits per heavy atom. The number of aromatic hydroxyl groups is 1. The fourth-order valence-corrected chi connectivity index (χ4v) is 3.01. The van der Waals surface area contributed by atoms with Crippen molar-refractivity contribution in [1.82, 2.24) is 5.32 Å². The topological polar surface area (TPSA) is 32.3 Å². The van der Waals surface area contributed by atoms with Crippen molar-refractivity contribution >= 4 is 15.9 Å². The maximum Gasteiger partial charge on any atom is 0.129 e. The van der Waals surface area contributed by atoms with Gasteiger partial charge in [0.05, 0.1) is 4.47 Å². The van der Waals surface area contributed by atoms with E-state index in [1.54, 1.807) is 6.07 Å². The summed E-state index contributed by atoms with van der Waals surface area (Å²) in [6.07, 6.45) is 9.52. The highest BCUT2D eigenvalue weighted by atomic mass is 79.9. The van der Waals surface area contributed by atoms with E-state index >= 15 is 0 Å². The molecule has 1 saturated carbocycles. The largest absolute Gasteiger partial charge is 0.507 e. The Kier molecular flexibility index (Phi) is 5.51. The van der Waals surface area contributed by atoms with E-state index in [4.69, 9.17) is 0 Å². The molecule has 2 rings (SSSR count). The van der Waals surface area contributed by atoms with E-state index in [9.17, 15) is 5.11 Å². The van der Waals surface area contributed by atoms with E-state index in [0.29, 0.717) is 11.8 Å². The van der Waals surface area contributed by atoms with Gasteiger partial charge in [-0.25, -0.2) is 0 Å². The number of rotatable bonds is 3. The van der Waals surface area contributed by atoms with Crippen molar-refractivity contribution in [2.45, 2.75) is 57.5 Å². The molecule has 0 aromatic heterocycles. The quantitative estimate of drug-likeness (QED) is 0.869. The first-order valence-electron chi connectivity index (χ1n) is 6.96. The van der Waals surface area contributed by atoms with E-state index in [0.717, 1.165) is 11.0 Å². The maximum absolute atomic E-state index is 9.46. The molecule has 0 radical (unpaired) electrons. The van der Waals surface area contributed by atoms with Crippen molar-refractivity contribution in [3.8, 4) is 5.75 Å². The van der Waals surface area contributed by atoms with E-state index < -0.39 is 0 Å². The zero-order valence-corrected chi connectivity index (χ0v) is 12.4. The minimum atomic E-state index is 0.310. The van der Waals surface area contributed by atoms with Crippen LogP contribution in [0.15, 0.2) is 22.7 Å². The summed E-state index contributed by atoms with van der Waals surface area (Å²) in [6.45, 7) is 0.892. The number of benzene rings is 1. The minimum Gasteiger partial charge on any atom is -0.507 e. The van der Waals surface area contributed by atoms with Gasteiger partial charge in [-0.3, -0.25) is 0 Å². The van der Waals surface area contributed by atoms with Crippen molar-refractivity contribution in [1.29, 1.82) is 0 Å². The van der Waals surface area contributed by atoms with Crippen molar-refractivity contribution < 1.29 is 5.11 Å². The van der Waals surface area contributed by atoms with Gasteiger partial charge < -0.3 is 10.4 Å². The molecule has 3 heteroatoms. The first kappa shape index (κ1) is 13.9. The number of nitrogens with one attached hydrogen (secondary N) is 1. The first-order chi connectivity index (χ1) is 8.75. The molecule has 0 atom stereocenters. The molecular formula is C15H22BrNO. The van der Waals surface area contributed by atoms with Gasteiger partial charge >= 0.3 is 0 Å². The van der Waals surface area contributed by atoms with Gasteiger partial charge in [0.1, 0.15) is 5.75 Å². The lowest BCUT2D eigenvalue weighted by molar-refractivity contribution is 0.389. The van der Waals surface area contributed by atoms with Crippen LogP contribution in [0.1, 0.15) is 50.5 Å². The zero-order chi connectivity index (χ0) is 12.8. The van der Waals surface area contributed by atoms with Crippen LogP contribution in [0.2, 0.25) is 0 Å². The Morgan fingerprint density at radius 3 is 2.44 bits per heavy atom. The summed E-state index contributed by atoms with van der Waals surface area (Å²) < 4.78 is 0.777. The van der Waals surface area contributed by atoms with Crippen LogP contribution in [-0.4, -0.2) is 11.1 Å². The standard InChI is InChI=1S/C15H22BrNO/c16-14-10-12(8-9-15(14)18)11-17-13-6-4-2-1-3-5-7-13/h8-10,13,17-18H,1-7,11H2. The van der Waals surface area contributed by atoms with Crippen LogP contribution in [0.4, 0.5) is 0 Å². The highest BCUT2D eigenvalue weighted by Crippen LogP contribution is 2.24. The molecule has 1 aromatic rings. The second-order valence-electron chi connectivity index (χ2n) is 5.21. The molecule has 100 valence electrons. The van der Waals surface area contributed by atoms with Crippen LogP contribution in [-0.2, 0) is 6.54 Å². The second kappa shape index (κ2) is 7.15. The predicted octanol–water partition coefficient (Wildman–Crippen LogP) is 4.36. The monoisotopic (exact) mass is 311 g/mol. The summed E-state index contributed by atoms with van der Waals surface area (Å²) in [5.74, 6) is 0.310. The molecule has 2 N–H and O–H groups in total. The number of hydrogen-bond acceptors (Lipinski definition) is 2. The molecule has 0 unspecified atom stereocenters. The number of hydrogen-bond donors (Lipinski definition) is 2. The highest BCUT2D eigenvalue weighted by Gasteiger charge is 2.10. The Labute approximate surface area is 118 Å². The van der Waals surface area contributed by atoms with E-state index in [1.165, 1.54) is 50.5 Å². The smallest absolute Gasteiger partial charge is 0.129 e. The summed E-state index contributed by atoms with van der Waals surface area (Å²) in [5.41, 5.74) is 1.22. The molecule has 0 saturated heterocycles. The zero-order valence-electron chi connectivity index (χ0n) is 10.8. The third-order valence-corrected chi connectivity index (χ3v) is 4.35. The molecule has 2 nitrogen and oxygen atoms in total. The Morgan fingerprint density at radius 1 is 1.11 bits per heavy atom. The normalized spacial score (nSPS) is 18.3. The van der Waals surface area contributed by atoms with Gasteiger partial charge in [-0.15, -0.1) is 0 Å². The number of phenolic OH excluding ortho intramolecular Hbond substituents is 1. The van der Waals surface area contributed by atoms with Crippen LogP contribution < -0.4 is 5.32 Å². The summed E-state index contributed by atoms with van der Waals surface area (Å²) in [7, 11) is 0. The van der Waals surface area contributed by atoms with E-state index in [-0.39, 0.29) is 0 Å². The molecule has 1 aromatic carbocycles. The lowest BCUT2D eigenvalue weighted by Gasteiger charge is -2.21. The van der Waals surface area contributed by atoms with Crippen LogP contribution >= 0.6 is 15.9 Å². The van der Waals surface area contributed by atoms with Gasteiger partial charge in [0.2, 0.25) is 0 Å². The highest BCUT2D eigenvalue weighted by molar-refractivity contribution is 9.10. The second-order valence-corrected chi connectivity index (χ2v) is 6.06. The number of phenols is 1. The lowest BCUT2D eigenvalue weighted by atomic mass is 9.96. The first-order valence-corrected chi connectivity index (χ1v) is 7.76. The minimum absolute atomic E-state index is 0.310. The average molecular weight is 312 g/mol. The molecule has 0 bridgehead atoms. The van der Waals surface area contributed by atoms with Crippen molar-refractivity contribution in [3.05, 3.63) is 28.2 Å². The van der Waals surface area contributed by atoms with Gasteiger partial charge in [-0.05, 0) is 46.5 Å². The molecule has 1 fully saturated rings. The molecule has 0 heterocycles. The van der Waals surface area contributed by atoms with Gasteiger partial charge in [-0.2, -0.15) is 0 Å². The van der Waals surface area contributed by atoms with Gasteiger partial charge in [-0.1, -0.05) is 38.2 Å². The Balaban J connectivity index is 1.83. The maximum atomic E-state index is 9.46. The molecule has 1 aliphatic carbocycles. The Hall–Kier alpha value is -0.540. The predicted molar refractivity (Wildman–Crippen MR) is 78.8 cm³/mol. The Bertz CT molecular complexity index is 373. The van der Waals surface area contributed by atoms with Crippen molar-refractivity contribution in [2.75, 3.05) is 0 Å². The van der Waals surface area contributed by atoms with Crippen LogP contribution in [0.25, 0.3) is 0 Å². The van der Waals surface area contributed by atoms with E-state index in [1.807, 2.05) is 12.1 Å². The lowest BCUT2D eigenvalue weighted by Crippen LogP contribution is -2.29. The molecule has 0 amide bonds. The molecule has 0 spiro atoms. The molecule has 18 heavy (non-hydrogen) atoms. The van der Waals surface area contributed by atoms with Crippen molar-refractivity contribution in [2.24, 2.45) is 0 Å². The summed E-state index contributed by atoms with van der Waals surface area (Å²) in [6, 6.07) is 6.39. The molecular weight excluding hydrogens is 290 g/mol. The van der Waals surface area contributed by atoms with Gasteiger partial charge in [0.15, 0.2) is 0 Å². The summed E-state index contributed by atoms with van der Waals surface area (Å²) in [5, 5.41) is 13.1. The van der Waals surface area contributed by atoms with E-state index in [2.05, 4.69) is 21.2 Å². The fraction of sp³-hybridized carbons (Fsp3) is 0.600. The number of halogens is 1. The van der Waals surface area contributed by atoms with Crippen LogP contribution in [0.3, 0.4) is 0 Å². The fourth-order valence-electron chi connectivity index (χ4n) is 2.58. The SMILES string of the molecule is Oc1ccc(CNC2CCCCCCC2)cc1Br. The molecule has 0 aliphatic heterocycles. The van der Waals surface area contributed by atoms with Gasteiger partial charge in [0, 0.05) is 12.6 Å². The van der Waals surface area contributed by atoms with Crippen LogP contribution in [0.5, 0.6) is 5.75 Å².